The van der Waals surface area contributed by atoms with Crippen molar-refractivity contribution in [3.8, 4) is 0 Å². The molecule has 0 fully saturated rings. The molecule has 1 aliphatic heterocycles. The maximum atomic E-state index is 12.1. The van der Waals surface area contributed by atoms with Crippen LogP contribution in [0.4, 0.5) is 0 Å². The van der Waals surface area contributed by atoms with Gasteiger partial charge in [0.15, 0.2) is 0 Å². The van der Waals surface area contributed by atoms with E-state index in [4.69, 9.17) is 0 Å². The largest absolute Gasteiger partial charge is 0.309 e. The molecular weight excluding hydrogens is 296 g/mol. The third-order valence-corrected chi connectivity index (χ3v) is 4.24. The van der Waals surface area contributed by atoms with Crippen LogP contribution in [0.2, 0.25) is 0 Å². The highest BCUT2D eigenvalue weighted by Crippen LogP contribution is 2.18. The standard InChI is InChI=1S/C21H22N2O/c1-14-5-8-17(9-6-14)10-11-20-22-19(21(24)23-20)13-18-12-15(2)4-7-16(18)3/h4-9,12-13H,10-11H2,1-3H3,(H,22,23,24)/b19-13+. The molecule has 2 aromatic carbocycles. The molecule has 1 aliphatic rings. The number of amidine groups is 1. The summed E-state index contributed by atoms with van der Waals surface area (Å²) >= 11 is 0. The van der Waals surface area contributed by atoms with E-state index in [0.717, 1.165) is 29.8 Å². The number of aliphatic imine (C=N–C) groups is 1. The predicted octanol–water partition coefficient (Wildman–Crippen LogP) is 4.11. The van der Waals surface area contributed by atoms with Crippen LogP contribution < -0.4 is 5.32 Å². The number of rotatable bonds is 4. The van der Waals surface area contributed by atoms with Gasteiger partial charge in [0.25, 0.3) is 5.91 Å². The van der Waals surface area contributed by atoms with Gasteiger partial charge in [0.2, 0.25) is 0 Å². The second kappa shape index (κ2) is 6.83. The molecule has 3 heteroatoms. The van der Waals surface area contributed by atoms with Gasteiger partial charge in [0.05, 0.1) is 0 Å². The fourth-order valence-electron chi connectivity index (χ4n) is 2.72. The molecule has 0 spiro atoms. The zero-order chi connectivity index (χ0) is 17.1. The first kappa shape index (κ1) is 16.2. The molecule has 0 aliphatic carbocycles. The molecule has 0 bridgehead atoms. The van der Waals surface area contributed by atoms with Crippen LogP contribution in [-0.4, -0.2) is 11.7 Å². The van der Waals surface area contributed by atoms with Gasteiger partial charge in [-0.05, 0) is 50.0 Å². The van der Waals surface area contributed by atoms with E-state index in [9.17, 15) is 4.79 Å². The van der Waals surface area contributed by atoms with Gasteiger partial charge < -0.3 is 5.32 Å². The highest BCUT2D eigenvalue weighted by atomic mass is 16.2. The van der Waals surface area contributed by atoms with Crippen molar-refractivity contribution in [1.29, 1.82) is 0 Å². The highest BCUT2D eigenvalue weighted by molar-refractivity contribution is 6.14. The molecule has 0 saturated carbocycles. The van der Waals surface area contributed by atoms with Gasteiger partial charge in [-0.3, -0.25) is 4.79 Å². The van der Waals surface area contributed by atoms with E-state index in [1.54, 1.807) is 0 Å². The summed E-state index contributed by atoms with van der Waals surface area (Å²) in [6.45, 7) is 6.17. The summed E-state index contributed by atoms with van der Waals surface area (Å²) in [5, 5.41) is 2.88. The van der Waals surface area contributed by atoms with Gasteiger partial charge in [-0.25, -0.2) is 4.99 Å². The topological polar surface area (TPSA) is 41.5 Å². The summed E-state index contributed by atoms with van der Waals surface area (Å²) in [6, 6.07) is 14.7. The van der Waals surface area contributed by atoms with Crippen LogP contribution in [0.15, 0.2) is 53.2 Å². The molecule has 0 saturated heterocycles. The van der Waals surface area contributed by atoms with Gasteiger partial charge >= 0.3 is 0 Å². The number of carbonyl (C=O) groups excluding carboxylic acids is 1. The maximum absolute atomic E-state index is 12.1. The fraction of sp³-hybridized carbons (Fsp3) is 0.238. The van der Waals surface area contributed by atoms with Crippen LogP contribution in [0.3, 0.4) is 0 Å². The summed E-state index contributed by atoms with van der Waals surface area (Å²) in [7, 11) is 0. The molecule has 1 heterocycles. The Bertz CT molecular complexity index is 829. The highest BCUT2D eigenvalue weighted by Gasteiger charge is 2.19. The average molecular weight is 318 g/mol. The summed E-state index contributed by atoms with van der Waals surface area (Å²) < 4.78 is 0. The smallest absolute Gasteiger partial charge is 0.275 e. The monoisotopic (exact) mass is 318 g/mol. The number of hydrogen-bond donors (Lipinski definition) is 1. The van der Waals surface area contributed by atoms with E-state index in [0.29, 0.717) is 5.70 Å². The van der Waals surface area contributed by atoms with E-state index in [1.807, 2.05) is 19.9 Å². The molecule has 3 nitrogen and oxygen atoms in total. The third kappa shape index (κ3) is 3.80. The number of benzene rings is 2. The van der Waals surface area contributed by atoms with Crippen LogP contribution in [0.25, 0.3) is 6.08 Å². The predicted molar refractivity (Wildman–Crippen MR) is 99.0 cm³/mol. The lowest BCUT2D eigenvalue weighted by atomic mass is 10.0. The van der Waals surface area contributed by atoms with Crippen LogP contribution in [0.5, 0.6) is 0 Å². The van der Waals surface area contributed by atoms with Crippen molar-refractivity contribution >= 4 is 17.8 Å². The number of nitrogens with one attached hydrogen (secondary N) is 1. The molecule has 3 rings (SSSR count). The molecule has 1 amide bonds. The van der Waals surface area contributed by atoms with Gasteiger partial charge in [-0.2, -0.15) is 0 Å². The SMILES string of the molecule is Cc1ccc(CCC2=N/C(=C/c3cc(C)ccc3C)C(=O)N2)cc1. The Kier molecular flexibility index (Phi) is 4.61. The molecule has 24 heavy (non-hydrogen) atoms. The molecule has 0 radical (unpaired) electrons. The fourth-order valence-corrected chi connectivity index (χ4v) is 2.72. The van der Waals surface area contributed by atoms with Crippen molar-refractivity contribution in [3.63, 3.8) is 0 Å². The second-order valence-corrected chi connectivity index (χ2v) is 6.39. The number of nitrogens with zero attached hydrogens (tertiary/aromatic N) is 1. The summed E-state index contributed by atoms with van der Waals surface area (Å²) in [5.41, 5.74) is 6.36. The van der Waals surface area contributed by atoms with Crippen molar-refractivity contribution in [2.45, 2.75) is 33.6 Å². The van der Waals surface area contributed by atoms with Crippen LogP contribution in [-0.2, 0) is 11.2 Å². The summed E-state index contributed by atoms with van der Waals surface area (Å²) in [6.07, 6.45) is 3.48. The molecular formula is C21H22N2O. The zero-order valence-electron chi connectivity index (χ0n) is 14.4. The minimum absolute atomic E-state index is 0.116. The Morgan fingerprint density at radius 3 is 2.42 bits per heavy atom. The molecule has 0 atom stereocenters. The third-order valence-electron chi connectivity index (χ3n) is 4.24. The van der Waals surface area contributed by atoms with Gasteiger partial charge in [0.1, 0.15) is 11.5 Å². The first-order valence-corrected chi connectivity index (χ1v) is 8.25. The van der Waals surface area contributed by atoms with E-state index in [1.165, 1.54) is 16.7 Å². The Morgan fingerprint density at radius 1 is 0.958 bits per heavy atom. The van der Waals surface area contributed by atoms with E-state index < -0.39 is 0 Å². The van der Waals surface area contributed by atoms with Gasteiger partial charge in [0, 0.05) is 6.42 Å². The lowest BCUT2D eigenvalue weighted by Gasteiger charge is -2.02. The minimum Gasteiger partial charge on any atom is -0.309 e. The molecule has 2 aromatic rings. The molecule has 1 N–H and O–H groups in total. The summed E-state index contributed by atoms with van der Waals surface area (Å²) in [5.74, 6) is 0.631. The quantitative estimate of drug-likeness (QED) is 0.847. The van der Waals surface area contributed by atoms with Crippen LogP contribution in [0, 0.1) is 20.8 Å². The van der Waals surface area contributed by atoms with Crippen molar-refractivity contribution < 1.29 is 4.79 Å². The Balaban J connectivity index is 1.74. The average Bonchev–Trinajstić information content (AvgIpc) is 2.90. The number of aryl methyl sites for hydroxylation is 4. The Hall–Kier alpha value is -2.68. The molecule has 122 valence electrons. The zero-order valence-corrected chi connectivity index (χ0v) is 14.4. The lowest BCUT2D eigenvalue weighted by Crippen LogP contribution is -2.24. The number of hydrogen-bond acceptors (Lipinski definition) is 2. The number of amides is 1. The van der Waals surface area contributed by atoms with Crippen LogP contribution >= 0.6 is 0 Å². The Morgan fingerprint density at radius 2 is 1.67 bits per heavy atom. The van der Waals surface area contributed by atoms with Crippen molar-refractivity contribution in [2.24, 2.45) is 4.99 Å². The van der Waals surface area contributed by atoms with Gasteiger partial charge in [-0.1, -0.05) is 53.6 Å². The first-order chi connectivity index (χ1) is 11.5. The Labute approximate surface area is 143 Å². The van der Waals surface area contributed by atoms with Gasteiger partial charge in [-0.15, -0.1) is 0 Å². The number of carbonyl (C=O) groups is 1. The van der Waals surface area contributed by atoms with Crippen molar-refractivity contribution in [1.82, 2.24) is 5.32 Å². The summed E-state index contributed by atoms with van der Waals surface area (Å²) in [4.78, 5) is 16.6. The first-order valence-electron chi connectivity index (χ1n) is 8.25. The lowest BCUT2D eigenvalue weighted by molar-refractivity contribution is -0.115. The second-order valence-electron chi connectivity index (χ2n) is 6.39. The van der Waals surface area contributed by atoms with Crippen molar-refractivity contribution in [2.75, 3.05) is 0 Å². The maximum Gasteiger partial charge on any atom is 0.275 e. The normalized spacial score (nSPS) is 15.5. The van der Waals surface area contributed by atoms with E-state index in [2.05, 4.69) is 59.7 Å². The van der Waals surface area contributed by atoms with Crippen molar-refractivity contribution in [3.05, 3.63) is 76.0 Å². The van der Waals surface area contributed by atoms with Crippen LogP contribution in [0.1, 0.15) is 34.2 Å². The molecule has 0 aromatic heterocycles. The van der Waals surface area contributed by atoms with E-state index >= 15 is 0 Å². The molecule has 0 unspecified atom stereocenters. The van der Waals surface area contributed by atoms with E-state index in [-0.39, 0.29) is 5.91 Å². The minimum atomic E-state index is -0.116.